The molecule has 0 saturated carbocycles. The van der Waals surface area contributed by atoms with Gasteiger partial charge in [0.15, 0.2) is 0 Å². The molecule has 3 aromatic rings. The second-order valence-corrected chi connectivity index (χ2v) is 10.5. The predicted molar refractivity (Wildman–Crippen MR) is 169 cm³/mol. The van der Waals surface area contributed by atoms with Crippen molar-refractivity contribution in [1.29, 1.82) is 0 Å². The Morgan fingerprint density at radius 2 is 1.82 bits per heavy atom. The topological polar surface area (TPSA) is 59.2 Å². The van der Waals surface area contributed by atoms with E-state index in [0.29, 0.717) is 5.92 Å². The van der Waals surface area contributed by atoms with Crippen molar-refractivity contribution in [3.05, 3.63) is 103 Å². The van der Waals surface area contributed by atoms with E-state index in [0.717, 1.165) is 76.8 Å². The van der Waals surface area contributed by atoms with E-state index in [-0.39, 0.29) is 0 Å². The molecule has 0 bridgehead atoms. The number of benzene rings is 1. The monoisotopic (exact) mass is 522 g/mol. The minimum Gasteiger partial charge on any atom is -0.388 e. The van der Waals surface area contributed by atoms with Crippen molar-refractivity contribution in [2.24, 2.45) is 5.92 Å². The zero-order valence-corrected chi connectivity index (χ0v) is 24.1. The molecule has 1 saturated heterocycles. The van der Waals surface area contributed by atoms with Crippen molar-refractivity contribution >= 4 is 33.4 Å². The molecule has 39 heavy (non-hydrogen) atoms. The molecule has 0 radical (unpaired) electrons. The van der Waals surface area contributed by atoms with E-state index in [1.807, 2.05) is 20.2 Å². The SMILES string of the molecule is C=C(/C=C(C(=C)c1cc2c(N3CCN(C)CC3)cccc2[nH]1)\C(=C/C)NC)c1cncc(NC(=C)C(C)C)c1. The Labute approximate surface area is 233 Å². The standard InChI is InChI=1S/C33H42N6/c1-9-30(34-7)28(17-23(4)26-18-27(21-35-20-26)36-25(6)22(2)3)24(5)32-19-29-31(37-32)11-10-12-33(29)39-15-13-38(8)14-16-39/h9-12,17-22,34,36-37H,4-6,13-16H2,1-3,7-8H3/b28-17-,30-9+. The number of allylic oxidation sites excluding steroid dienone is 5. The molecular weight excluding hydrogens is 480 g/mol. The van der Waals surface area contributed by atoms with Crippen LogP contribution in [0.1, 0.15) is 32.0 Å². The van der Waals surface area contributed by atoms with E-state index in [1.54, 1.807) is 6.20 Å². The van der Waals surface area contributed by atoms with E-state index >= 15 is 0 Å². The Morgan fingerprint density at radius 1 is 1.08 bits per heavy atom. The molecule has 2 aromatic heterocycles. The highest BCUT2D eigenvalue weighted by atomic mass is 15.2. The van der Waals surface area contributed by atoms with Crippen LogP contribution in [0.5, 0.6) is 0 Å². The number of hydrogen-bond acceptors (Lipinski definition) is 5. The summed E-state index contributed by atoms with van der Waals surface area (Å²) >= 11 is 0. The van der Waals surface area contributed by atoms with Crippen LogP contribution in [0.15, 0.2) is 91.6 Å². The molecule has 0 spiro atoms. The summed E-state index contributed by atoms with van der Waals surface area (Å²) in [5.41, 5.74) is 9.85. The largest absolute Gasteiger partial charge is 0.388 e. The number of fused-ring (bicyclic) bond motifs is 1. The molecule has 1 fully saturated rings. The number of pyridine rings is 1. The normalized spacial score (nSPS) is 15.1. The van der Waals surface area contributed by atoms with Crippen molar-refractivity contribution in [3.63, 3.8) is 0 Å². The minimum atomic E-state index is 0.327. The Kier molecular flexibility index (Phi) is 8.77. The fraction of sp³-hybridized carbons (Fsp3) is 0.303. The van der Waals surface area contributed by atoms with Gasteiger partial charge < -0.3 is 25.4 Å². The average Bonchev–Trinajstić information content (AvgIpc) is 3.38. The molecule has 1 aromatic carbocycles. The van der Waals surface area contributed by atoms with Crippen molar-refractivity contribution in [2.45, 2.75) is 20.8 Å². The van der Waals surface area contributed by atoms with Gasteiger partial charge in [0.1, 0.15) is 0 Å². The third-order valence-electron chi connectivity index (χ3n) is 7.41. The predicted octanol–water partition coefficient (Wildman–Crippen LogP) is 6.67. The zero-order chi connectivity index (χ0) is 28.1. The van der Waals surface area contributed by atoms with Crippen LogP contribution >= 0.6 is 0 Å². The number of nitrogens with zero attached hydrogens (tertiary/aromatic N) is 3. The highest BCUT2D eigenvalue weighted by Gasteiger charge is 2.19. The molecule has 4 rings (SSSR count). The minimum absolute atomic E-state index is 0.327. The van der Waals surface area contributed by atoms with Gasteiger partial charge in [-0.1, -0.05) is 45.7 Å². The quantitative estimate of drug-likeness (QED) is 0.260. The number of likely N-dealkylation sites (N-methyl/N-ethyl adjacent to an activating group) is 2. The summed E-state index contributed by atoms with van der Waals surface area (Å²) < 4.78 is 0. The van der Waals surface area contributed by atoms with Gasteiger partial charge in [0, 0.05) is 89.8 Å². The molecule has 6 nitrogen and oxygen atoms in total. The number of piperazine rings is 1. The van der Waals surface area contributed by atoms with Gasteiger partial charge in [0.25, 0.3) is 0 Å². The lowest BCUT2D eigenvalue weighted by molar-refractivity contribution is 0.313. The van der Waals surface area contributed by atoms with Crippen LogP contribution in [-0.4, -0.2) is 55.1 Å². The number of aromatic nitrogens is 2. The highest BCUT2D eigenvalue weighted by Crippen LogP contribution is 2.34. The molecule has 3 heterocycles. The fourth-order valence-corrected chi connectivity index (χ4v) is 4.80. The fourth-order valence-electron chi connectivity index (χ4n) is 4.80. The molecule has 1 aliphatic rings. The van der Waals surface area contributed by atoms with Gasteiger partial charge in [0.2, 0.25) is 0 Å². The first-order valence-electron chi connectivity index (χ1n) is 13.6. The van der Waals surface area contributed by atoms with Crippen LogP contribution in [-0.2, 0) is 0 Å². The van der Waals surface area contributed by atoms with Crippen molar-refractivity contribution in [3.8, 4) is 0 Å². The number of nitrogens with one attached hydrogen (secondary N) is 3. The van der Waals surface area contributed by atoms with Crippen LogP contribution in [0, 0.1) is 5.92 Å². The van der Waals surface area contributed by atoms with E-state index in [9.17, 15) is 0 Å². The number of H-pyrrole nitrogens is 1. The van der Waals surface area contributed by atoms with E-state index in [4.69, 9.17) is 0 Å². The highest BCUT2D eigenvalue weighted by molar-refractivity contribution is 5.97. The van der Waals surface area contributed by atoms with Gasteiger partial charge in [0.05, 0.1) is 11.9 Å². The molecule has 6 heteroatoms. The Balaban J connectivity index is 1.67. The molecule has 0 amide bonds. The van der Waals surface area contributed by atoms with E-state index in [2.05, 4.69) is 114 Å². The second-order valence-electron chi connectivity index (χ2n) is 10.5. The van der Waals surface area contributed by atoms with Crippen molar-refractivity contribution < 1.29 is 0 Å². The van der Waals surface area contributed by atoms with Gasteiger partial charge in [-0.2, -0.15) is 0 Å². The van der Waals surface area contributed by atoms with E-state index < -0.39 is 0 Å². The smallest absolute Gasteiger partial charge is 0.0574 e. The Morgan fingerprint density at radius 3 is 2.49 bits per heavy atom. The molecule has 0 aliphatic carbocycles. The number of anilines is 2. The third kappa shape index (κ3) is 6.35. The maximum atomic E-state index is 4.53. The molecule has 3 N–H and O–H groups in total. The molecule has 204 valence electrons. The summed E-state index contributed by atoms with van der Waals surface area (Å²) in [6.45, 7) is 23.5. The lowest BCUT2D eigenvalue weighted by atomic mass is 9.96. The van der Waals surface area contributed by atoms with Crippen LogP contribution in [0.2, 0.25) is 0 Å². The summed E-state index contributed by atoms with van der Waals surface area (Å²) in [5.74, 6) is 0.327. The van der Waals surface area contributed by atoms with Crippen LogP contribution in [0.4, 0.5) is 11.4 Å². The lowest BCUT2D eigenvalue weighted by Crippen LogP contribution is -2.44. The molecule has 0 atom stereocenters. The first-order valence-corrected chi connectivity index (χ1v) is 13.6. The third-order valence-corrected chi connectivity index (χ3v) is 7.41. The van der Waals surface area contributed by atoms with Crippen LogP contribution in [0.3, 0.4) is 0 Å². The van der Waals surface area contributed by atoms with Crippen LogP contribution < -0.4 is 15.5 Å². The number of rotatable bonds is 10. The van der Waals surface area contributed by atoms with Crippen molar-refractivity contribution in [1.82, 2.24) is 20.2 Å². The molecule has 1 aliphatic heterocycles. The first kappa shape index (κ1) is 28.0. The van der Waals surface area contributed by atoms with Gasteiger partial charge in [-0.25, -0.2) is 0 Å². The maximum absolute atomic E-state index is 4.53. The summed E-state index contributed by atoms with van der Waals surface area (Å²) in [5, 5.41) is 7.92. The lowest BCUT2D eigenvalue weighted by Gasteiger charge is -2.34. The molecular formula is C33H42N6. The van der Waals surface area contributed by atoms with Gasteiger partial charge in [-0.15, -0.1) is 0 Å². The van der Waals surface area contributed by atoms with E-state index in [1.165, 1.54) is 11.1 Å². The van der Waals surface area contributed by atoms with Gasteiger partial charge in [-0.05, 0) is 55.8 Å². The number of hydrogen-bond donors (Lipinski definition) is 3. The summed E-state index contributed by atoms with van der Waals surface area (Å²) in [6, 6.07) is 10.8. The zero-order valence-electron chi connectivity index (χ0n) is 24.1. The van der Waals surface area contributed by atoms with Crippen molar-refractivity contribution in [2.75, 3.05) is 50.5 Å². The first-order chi connectivity index (χ1) is 18.7. The summed E-state index contributed by atoms with van der Waals surface area (Å²) in [7, 11) is 4.11. The number of aromatic amines is 1. The summed E-state index contributed by atoms with van der Waals surface area (Å²) in [6.07, 6.45) is 7.79. The van der Waals surface area contributed by atoms with Gasteiger partial charge >= 0.3 is 0 Å². The molecule has 0 unspecified atom stereocenters. The van der Waals surface area contributed by atoms with Crippen LogP contribution in [0.25, 0.3) is 22.0 Å². The second kappa shape index (κ2) is 12.2. The Hall–Kier alpha value is -4.03. The van der Waals surface area contributed by atoms with Gasteiger partial charge in [-0.3, -0.25) is 4.98 Å². The summed E-state index contributed by atoms with van der Waals surface area (Å²) in [4.78, 5) is 12.9. The Bertz CT molecular complexity index is 1430. The average molecular weight is 523 g/mol. The maximum Gasteiger partial charge on any atom is 0.0574 e.